The molecule has 4 rings (SSSR count). The largest absolute Gasteiger partial charge is 0.494 e. The maximum Gasteiger partial charge on any atom is 0.250 e. The second-order valence-electron chi connectivity index (χ2n) is 8.04. The molecule has 31 heavy (non-hydrogen) atoms. The molecule has 7 heteroatoms. The molecule has 0 unspecified atom stereocenters. The van der Waals surface area contributed by atoms with E-state index in [0.29, 0.717) is 11.3 Å². The minimum absolute atomic E-state index is 0.135. The van der Waals surface area contributed by atoms with Crippen molar-refractivity contribution in [2.45, 2.75) is 19.8 Å². The number of carbonyl (C=O) groups excluding carboxylic acids is 1. The van der Waals surface area contributed by atoms with Crippen molar-refractivity contribution in [1.82, 2.24) is 14.5 Å². The number of nitrogens with zero attached hydrogens (tertiary/aromatic N) is 3. The van der Waals surface area contributed by atoms with Gasteiger partial charge in [-0.1, -0.05) is 32.0 Å². The molecule has 0 saturated heterocycles. The summed E-state index contributed by atoms with van der Waals surface area (Å²) in [5, 5.41) is 1.01. The third-order valence-electron chi connectivity index (χ3n) is 5.48. The fourth-order valence-corrected chi connectivity index (χ4v) is 3.93. The van der Waals surface area contributed by atoms with Gasteiger partial charge in [-0.2, -0.15) is 0 Å². The Morgan fingerprint density at radius 1 is 1.23 bits per heavy atom. The summed E-state index contributed by atoms with van der Waals surface area (Å²) in [5.74, 6) is 1.10. The van der Waals surface area contributed by atoms with Gasteiger partial charge in [-0.15, -0.1) is 0 Å². The summed E-state index contributed by atoms with van der Waals surface area (Å²) < 4.78 is 7.79. The summed E-state index contributed by atoms with van der Waals surface area (Å²) >= 11 is 0. The van der Waals surface area contributed by atoms with Gasteiger partial charge in [0, 0.05) is 48.5 Å². The summed E-state index contributed by atoms with van der Waals surface area (Å²) in [6.07, 6.45) is 3.70. The standard InChI is InChI=1S/C24H27N5O2/c1-14(2)19-10-16(24(25)30)23(17-12-26-18-9-7-6-8-15(17)18)29(19)20-13-27-22(28(3)4)11-21(20)31-5/h6-14,26H,1-5H3,(H2,25,30). The molecule has 4 aromatic rings. The number of aromatic nitrogens is 3. The van der Waals surface area contributed by atoms with Gasteiger partial charge in [-0.05, 0) is 18.1 Å². The maximum atomic E-state index is 12.5. The van der Waals surface area contributed by atoms with Crippen LogP contribution >= 0.6 is 0 Å². The van der Waals surface area contributed by atoms with Crippen molar-refractivity contribution in [3.05, 3.63) is 60.0 Å². The smallest absolute Gasteiger partial charge is 0.250 e. The number of amides is 1. The van der Waals surface area contributed by atoms with Gasteiger partial charge in [0.05, 0.1) is 24.6 Å². The molecular formula is C24H27N5O2. The van der Waals surface area contributed by atoms with Crippen LogP contribution in [0.2, 0.25) is 0 Å². The van der Waals surface area contributed by atoms with Gasteiger partial charge in [0.1, 0.15) is 17.3 Å². The summed E-state index contributed by atoms with van der Waals surface area (Å²) in [4.78, 5) is 22.3. The Balaban J connectivity index is 2.10. The Morgan fingerprint density at radius 3 is 2.61 bits per heavy atom. The quantitative estimate of drug-likeness (QED) is 0.489. The van der Waals surface area contributed by atoms with E-state index in [1.54, 1.807) is 13.3 Å². The number of carbonyl (C=O) groups is 1. The number of aromatic amines is 1. The monoisotopic (exact) mass is 417 g/mol. The Labute approximate surface area is 181 Å². The number of pyridine rings is 1. The Bertz CT molecular complexity index is 1270. The third-order valence-corrected chi connectivity index (χ3v) is 5.48. The zero-order valence-electron chi connectivity index (χ0n) is 18.4. The number of fused-ring (bicyclic) bond motifs is 1. The van der Waals surface area contributed by atoms with Gasteiger partial charge in [0.2, 0.25) is 0 Å². The van der Waals surface area contributed by atoms with Crippen LogP contribution in [0, 0.1) is 0 Å². The average molecular weight is 418 g/mol. The summed E-state index contributed by atoms with van der Waals surface area (Å²) in [7, 11) is 5.50. The van der Waals surface area contributed by atoms with Crippen molar-refractivity contribution < 1.29 is 9.53 Å². The van der Waals surface area contributed by atoms with Crippen molar-refractivity contribution in [3.8, 4) is 22.7 Å². The summed E-state index contributed by atoms with van der Waals surface area (Å²) in [5.41, 5.74) is 10.6. The van der Waals surface area contributed by atoms with E-state index in [1.165, 1.54) is 0 Å². The first kappa shape index (κ1) is 20.5. The third kappa shape index (κ3) is 3.42. The van der Waals surface area contributed by atoms with Crippen LogP contribution in [0.25, 0.3) is 27.8 Å². The zero-order chi connectivity index (χ0) is 22.3. The van der Waals surface area contributed by atoms with Gasteiger partial charge >= 0.3 is 0 Å². The lowest BCUT2D eigenvalue weighted by Gasteiger charge is -2.20. The minimum Gasteiger partial charge on any atom is -0.494 e. The molecule has 3 heterocycles. The number of nitrogens with two attached hydrogens (primary N) is 1. The molecular weight excluding hydrogens is 390 g/mol. The van der Waals surface area contributed by atoms with Crippen LogP contribution < -0.4 is 15.4 Å². The molecule has 1 aromatic carbocycles. The van der Waals surface area contributed by atoms with Crippen molar-refractivity contribution in [2.75, 3.05) is 26.1 Å². The molecule has 0 spiro atoms. The van der Waals surface area contributed by atoms with E-state index < -0.39 is 5.91 Å². The van der Waals surface area contributed by atoms with E-state index in [0.717, 1.165) is 39.4 Å². The van der Waals surface area contributed by atoms with Crippen LogP contribution in [-0.2, 0) is 0 Å². The molecule has 0 aliphatic carbocycles. The summed E-state index contributed by atoms with van der Waals surface area (Å²) in [6.45, 7) is 4.17. The molecule has 0 bridgehead atoms. The molecule has 0 fully saturated rings. The van der Waals surface area contributed by atoms with E-state index in [9.17, 15) is 4.79 Å². The van der Waals surface area contributed by atoms with Gasteiger partial charge < -0.3 is 24.9 Å². The number of methoxy groups -OCH3 is 1. The molecule has 0 radical (unpaired) electrons. The predicted molar refractivity (Wildman–Crippen MR) is 124 cm³/mol. The van der Waals surface area contributed by atoms with Gasteiger partial charge in [-0.25, -0.2) is 4.98 Å². The first-order valence-corrected chi connectivity index (χ1v) is 10.2. The molecule has 3 aromatic heterocycles. The van der Waals surface area contributed by atoms with Crippen LogP contribution in [0.5, 0.6) is 5.75 Å². The molecule has 0 aliphatic heterocycles. The van der Waals surface area contributed by atoms with Crippen LogP contribution in [0.4, 0.5) is 5.82 Å². The molecule has 0 atom stereocenters. The van der Waals surface area contributed by atoms with Crippen LogP contribution in [0.3, 0.4) is 0 Å². The molecule has 160 valence electrons. The highest BCUT2D eigenvalue weighted by Crippen LogP contribution is 2.40. The first-order chi connectivity index (χ1) is 14.8. The number of H-pyrrole nitrogens is 1. The lowest BCUT2D eigenvalue weighted by atomic mass is 10.1. The fraction of sp³-hybridized carbons (Fsp3) is 0.250. The van der Waals surface area contributed by atoms with Crippen LogP contribution in [0.1, 0.15) is 35.8 Å². The van der Waals surface area contributed by atoms with Gasteiger partial charge in [-0.3, -0.25) is 4.79 Å². The number of ether oxygens (including phenoxy) is 1. The topological polar surface area (TPSA) is 89.2 Å². The first-order valence-electron chi connectivity index (χ1n) is 10.2. The van der Waals surface area contributed by atoms with E-state index in [1.807, 2.05) is 66.2 Å². The number of primary amides is 1. The Hall–Kier alpha value is -3.74. The molecule has 3 N–H and O–H groups in total. The highest BCUT2D eigenvalue weighted by atomic mass is 16.5. The number of rotatable bonds is 6. The van der Waals surface area contributed by atoms with Gasteiger partial charge in [0.25, 0.3) is 5.91 Å². The van der Waals surface area contributed by atoms with Crippen molar-refractivity contribution in [3.63, 3.8) is 0 Å². The lowest BCUT2D eigenvalue weighted by molar-refractivity contribution is 0.100. The number of anilines is 1. The van der Waals surface area contributed by atoms with E-state index in [4.69, 9.17) is 10.5 Å². The molecule has 7 nitrogen and oxygen atoms in total. The molecule has 0 saturated carbocycles. The van der Waals surface area contributed by atoms with Crippen molar-refractivity contribution in [2.24, 2.45) is 5.73 Å². The normalized spacial score (nSPS) is 11.3. The SMILES string of the molecule is COc1cc(N(C)C)ncc1-n1c(C(C)C)cc(C(N)=O)c1-c1c[nH]c2ccccc12. The van der Waals surface area contributed by atoms with E-state index in [-0.39, 0.29) is 5.92 Å². The second kappa shape index (κ2) is 7.83. The minimum atomic E-state index is -0.474. The Kier molecular flexibility index (Phi) is 5.19. The average Bonchev–Trinajstić information content (AvgIpc) is 3.34. The number of hydrogen-bond acceptors (Lipinski definition) is 4. The van der Waals surface area contributed by atoms with Crippen LogP contribution in [0.15, 0.2) is 48.8 Å². The lowest BCUT2D eigenvalue weighted by Crippen LogP contribution is -2.14. The van der Waals surface area contributed by atoms with E-state index in [2.05, 4.69) is 23.8 Å². The molecule has 1 amide bonds. The van der Waals surface area contributed by atoms with Gasteiger partial charge in [0.15, 0.2) is 0 Å². The zero-order valence-corrected chi connectivity index (χ0v) is 18.4. The number of hydrogen-bond donors (Lipinski definition) is 2. The van der Waals surface area contributed by atoms with Crippen LogP contribution in [-0.4, -0.2) is 41.6 Å². The fourth-order valence-electron chi connectivity index (χ4n) is 3.93. The summed E-state index contributed by atoms with van der Waals surface area (Å²) in [6, 6.07) is 11.8. The number of benzene rings is 1. The molecule has 0 aliphatic rings. The highest BCUT2D eigenvalue weighted by molar-refractivity contribution is 6.05. The van der Waals surface area contributed by atoms with E-state index >= 15 is 0 Å². The Morgan fingerprint density at radius 2 is 1.97 bits per heavy atom. The number of para-hydroxylation sites is 1. The number of nitrogens with one attached hydrogen (secondary N) is 1. The second-order valence-corrected chi connectivity index (χ2v) is 8.04. The predicted octanol–water partition coefficient (Wildman–Crippen LogP) is 4.32. The van der Waals surface area contributed by atoms with Crippen molar-refractivity contribution >= 4 is 22.6 Å². The highest BCUT2D eigenvalue weighted by Gasteiger charge is 2.26. The maximum absolute atomic E-state index is 12.5. The van der Waals surface area contributed by atoms with Crippen molar-refractivity contribution in [1.29, 1.82) is 0 Å².